The van der Waals surface area contributed by atoms with Crippen LogP contribution in [0.3, 0.4) is 0 Å². The molecule has 0 spiro atoms. The molecule has 0 aliphatic carbocycles. The van der Waals surface area contributed by atoms with Gasteiger partial charge in [-0.25, -0.2) is 9.78 Å². The van der Waals surface area contributed by atoms with Gasteiger partial charge in [-0.1, -0.05) is 12.1 Å². The standard InChI is InChI=1S/C13H14N2O3/c1-10-14-6-7-15(10)8-9-18-12-5-3-2-4-11(12)13(16)17/h2-7H,8-9H2,1H3,(H,16,17). The fraction of sp³-hybridized carbons (Fsp3) is 0.231. The molecule has 2 aromatic rings. The molecule has 0 aliphatic rings. The highest BCUT2D eigenvalue weighted by atomic mass is 16.5. The lowest BCUT2D eigenvalue weighted by molar-refractivity contribution is 0.0692. The van der Waals surface area contributed by atoms with Crippen molar-refractivity contribution < 1.29 is 14.6 Å². The summed E-state index contributed by atoms with van der Waals surface area (Å²) in [6, 6.07) is 6.62. The van der Waals surface area contributed by atoms with Crippen LogP contribution in [0.1, 0.15) is 16.2 Å². The fourth-order valence-corrected chi connectivity index (χ4v) is 1.66. The van der Waals surface area contributed by atoms with Crippen LogP contribution in [0.25, 0.3) is 0 Å². The number of aromatic nitrogens is 2. The summed E-state index contributed by atoms with van der Waals surface area (Å²) in [5.41, 5.74) is 0.180. The number of aromatic carboxylic acids is 1. The number of carbonyl (C=O) groups is 1. The summed E-state index contributed by atoms with van der Waals surface area (Å²) in [6.45, 7) is 2.95. The molecule has 0 fully saturated rings. The first kappa shape index (κ1) is 12.2. The molecule has 0 radical (unpaired) electrons. The maximum Gasteiger partial charge on any atom is 0.339 e. The molecule has 5 nitrogen and oxygen atoms in total. The van der Waals surface area contributed by atoms with Gasteiger partial charge in [0.2, 0.25) is 0 Å². The van der Waals surface area contributed by atoms with Crippen molar-refractivity contribution in [2.24, 2.45) is 0 Å². The summed E-state index contributed by atoms with van der Waals surface area (Å²) < 4.78 is 7.45. The molecule has 2 rings (SSSR count). The normalized spacial score (nSPS) is 10.3. The Morgan fingerprint density at radius 1 is 1.44 bits per heavy atom. The van der Waals surface area contributed by atoms with Gasteiger partial charge in [0, 0.05) is 12.4 Å². The van der Waals surface area contributed by atoms with Crippen molar-refractivity contribution in [1.82, 2.24) is 9.55 Å². The van der Waals surface area contributed by atoms with Gasteiger partial charge in [0.25, 0.3) is 0 Å². The monoisotopic (exact) mass is 246 g/mol. The molecular formula is C13H14N2O3. The number of rotatable bonds is 5. The molecule has 5 heteroatoms. The van der Waals surface area contributed by atoms with Crippen LogP contribution in [0.2, 0.25) is 0 Å². The molecule has 0 amide bonds. The smallest absolute Gasteiger partial charge is 0.339 e. The van der Waals surface area contributed by atoms with Crippen LogP contribution in [0.4, 0.5) is 0 Å². The summed E-state index contributed by atoms with van der Waals surface area (Å²) in [5, 5.41) is 9.00. The maximum absolute atomic E-state index is 11.0. The molecule has 94 valence electrons. The van der Waals surface area contributed by atoms with Crippen LogP contribution in [0.15, 0.2) is 36.7 Å². The van der Waals surface area contributed by atoms with Crippen LogP contribution in [-0.2, 0) is 6.54 Å². The van der Waals surface area contributed by atoms with Gasteiger partial charge in [0.05, 0.1) is 6.54 Å². The van der Waals surface area contributed by atoms with Crippen LogP contribution < -0.4 is 4.74 Å². The van der Waals surface area contributed by atoms with E-state index in [0.29, 0.717) is 18.9 Å². The Bertz CT molecular complexity index is 549. The lowest BCUT2D eigenvalue weighted by Gasteiger charge is -2.10. The van der Waals surface area contributed by atoms with Crippen LogP contribution >= 0.6 is 0 Å². The van der Waals surface area contributed by atoms with Crippen molar-refractivity contribution in [1.29, 1.82) is 0 Å². The third kappa shape index (κ3) is 2.68. The van der Waals surface area contributed by atoms with E-state index < -0.39 is 5.97 Å². The van der Waals surface area contributed by atoms with E-state index in [4.69, 9.17) is 9.84 Å². The largest absolute Gasteiger partial charge is 0.491 e. The number of nitrogens with zero attached hydrogens (tertiary/aromatic N) is 2. The van der Waals surface area contributed by atoms with Gasteiger partial charge in [0.15, 0.2) is 0 Å². The van der Waals surface area contributed by atoms with Crippen molar-refractivity contribution >= 4 is 5.97 Å². The van der Waals surface area contributed by atoms with Crippen molar-refractivity contribution in [3.8, 4) is 5.75 Å². The molecule has 0 bridgehead atoms. The Morgan fingerprint density at radius 2 is 2.22 bits per heavy atom. The number of imidazole rings is 1. The zero-order chi connectivity index (χ0) is 13.0. The van der Waals surface area contributed by atoms with E-state index in [1.807, 2.05) is 17.7 Å². The summed E-state index contributed by atoms with van der Waals surface area (Å²) in [5.74, 6) is 0.317. The third-order valence-corrected chi connectivity index (χ3v) is 2.63. The summed E-state index contributed by atoms with van der Waals surface area (Å²) in [6.07, 6.45) is 3.59. The van der Waals surface area contributed by atoms with Gasteiger partial charge in [-0.2, -0.15) is 0 Å². The predicted octanol–water partition coefficient (Wildman–Crippen LogP) is 1.97. The average Bonchev–Trinajstić information content (AvgIpc) is 2.76. The molecule has 0 unspecified atom stereocenters. The first-order chi connectivity index (χ1) is 8.68. The first-order valence-corrected chi connectivity index (χ1v) is 5.61. The second kappa shape index (κ2) is 5.35. The zero-order valence-electron chi connectivity index (χ0n) is 10.0. The highest BCUT2D eigenvalue weighted by Crippen LogP contribution is 2.17. The van der Waals surface area contributed by atoms with Crippen molar-refractivity contribution in [3.63, 3.8) is 0 Å². The second-order valence-corrected chi connectivity index (χ2v) is 3.82. The highest BCUT2D eigenvalue weighted by Gasteiger charge is 2.09. The van der Waals surface area contributed by atoms with Crippen LogP contribution in [-0.4, -0.2) is 27.2 Å². The Kier molecular flexibility index (Phi) is 3.62. The number of aryl methyl sites for hydroxylation is 1. The molecular weight excluding hydrogens is 232 g/mol. The Hall–Kier alpha value is -2.30. The Labute approximate surface area is 105 Å². The van der Waals surface area contributed by atoms with E-state index in [-0.39, 0.29) is 5.56 Å². The van der Waals surface area contributed by atoms with Crippen molar-refractivity contribution in [3.05, 3.63) is 48.0 Å². The number of benzene rings is 1. The predicted molar refractivity (Wildman–Crippen MR) is 65.9 cm³/mol. The number of para-hydroxylation sites is 1. The highest BCUT2D eigenvalue weighted by molar-refractivity contribution is 5.90. The number of hydrogen-bond donors (Lipinski definition) is 1. The van der Waals surface area contributed by atoms with Crippen molar-refractivity contribution in [2.75, 3.05) is 6.61 Å². The quantitative estimate of drug-likeness (QED) is 0.876. The van der Waals surface area contributed by atoms with E-state index in [0.717, 1.165) is 5.82 Å². The van der Waals surface area contributed by atoms with Crippen molar-refractivity contribution in [2.45, 2.75) is 13.5 Å². The first-order valence-electron chi connectivity index (χ1n) is 5.61. The molecule has 18 heavy (non-hydrogen) atoms. The van der Waals surface area contributed by atoms with Gasteiger partial charge in [-0.05, 0) is 19.1 Å². The molecule has 0 atom stereocenters. The van der Waals surface area contributed by atoms with Gasteiger partial charge in [-0.3, -0.25) is 0 Å². The number of ether oxygens (including phenoxy) is 1. The average molecular weight is 246 g/mol. The molecule has 1 aromatic carbocycles. The number of hydrogen-bond acceptors (Lipinski definition) is 3. The minimum atomic E-state index is -0.982. The maximum atomic E-state index is 11.0. The van der Waals surface area contributed by atoms with Gasteiger partial charge < -0.3 is 14.4 Å². The Balaban J connectivity index is 1.99. The number of carboxylic acid groups (broad SMARTS) is 1. The molecule has 0 saturated carbocycles. The van der Waals surface area contributed by atoms with E-state index in [9.17, 15) is 4.79 Å². The molecule has 1 heterocycles. The lowest BCUT2D eigenvalue weighted by atomic mass is 10.2. The van der Waals surface area contributed by atoms with E-state index in [1.54, 1.807) is 24.4 Å². The van der Waals surface area contributed by atoms with Crippen LogP contribution in [0, 0.1) is 6.92 Å². The summed E-state index contributed by atoms with van der Waals surface area (Å²) in [4.78, 5) is 15.1. The zero-order valence-corrected chi connectivity index (χ0v) is 10.0. The topological polar surface area (TPSA) is 64.4 Å². The third-order valence-electron chi connectivity index (χ3n) is 2.63. The lowest BCUT2D eigenvalue weighted by Crippen LogP contribution is -2.10. The Morgan fingerprint density at radius 3 is 2.89 bits per heavy atom. The minimum Gasteiger partial charge on any atom is -0.491 e. The van der Waals surface area contributed by atoms with Gasteiger partial charge >= 0.3 is 5.97 Å². The number of carboxylic acids is 1. The second-order valence-electron chi connectivity index (χ2n) is 3.82. The van der Waals surface area contributed by atoms with Crippen LogP contribution in [0.5, 0.6) is 5.75 Å². The summed E-state index contributed by atoms with van der Waals surface area (Å²) in [7, 11) is 0. The van der Waals surface area contributed by atoms with E-state index in [1.165, 1.54) is 6.07 Å². The fourth-order valence-electron chi connectivity index (χ4n) is 1.66. The molecule has 0 saturated heterocycles. The summed E-state index contributed by atoms with van der Waals surface area (Å²) >= 11 is 0. The van der Waals surface area contributed by atoms with E-state index in [2.05, 4.69) is 4.98 Å². The van der Waals surface area contributed by atoms with E-state index >= 15 is 0 Å². The van der Waals surface area contributed by atoms with Gasteiger partial charge in [0.1, 0.15) is 23.7 Å². The molecule has 0 aliphatic heterocycles. The minimum absolute atomic E-state index is 0.180. The molecule has 1 aromatic heterocycles. The molecule has 1 N–H and O–H groups in total. The van der Waals surface area contributed by atoms with Gasteiger partial charge in [-0.15, -0.1) is 0 Å². The SMILES string of the molecule is Cc1nccn1CCOc1ccccc1C(=O)O.